The minimum absolute atomic E-state index is 1.09. The Balaban J connectivity index is 0.964. The topological polar surface area (TPSA) is 8.17 Å². The second-order valence-corrected chi connectivity index (χ2v) is 17.3. The van der Waals surface area contributed by atoms with Crippen molar-refractivity contribution in [3.8, 4) is 39.1 Å². The van der Waals surface area contributed by atoms with E-state index in [2.05, 4.69) is 264 Å². The number of fused-ring (bicyclic) bond motifs is 9. The van der Waals surface area contributed by atoms with E-state index in [1.807, 2.05) is 0 Å². The van der Waals surface area contributed by atoms with E-state index >= 15 is 0 Å². The molecule has 13 rings (SSSR count). The second-order valence-electron chi connectivity index (χ2n) is 17.3. The first-order valence-corrected chi connectivity index (χ1v) is 22.7. The van der Waals surface area contributed by atoms with Gasteiger partial charge >= 0.3 is 0 Å². The van der Waals surface area contributed by atoms with Crippen molar-refractivity contribution >= 4 is 82.0 Å². The number of aromatic nitrogens is 1. The lowest BCUT2D eigenvalue weighted by Crippen LogP contribution is -2.10. The molecule has 0 saturated heterocycles. The van der Waals surface area contributed by atoms with Crippen molar-refractivity contribution < 1.29 is 0 Å². The maximum atomic E-state index is 2.42. The number of para-hydroxylation sites is 1. The van der Waals surface area contributed by atoms with Crippen LogP contribution in [-0.4, -0.2) is 4.57 Å². The van der Waals surface area contributed by atoms with Crippen LogP contribution in [0.5, 0.6) is 0 Å². The Morgan fingerprint density at radius 2 is 0.803 bits per heavy atom. The lowest BCUT2D eigenvalue weighted by atomic mass is 9.96. The molecule has 0 aliphatic rings. The van der Waals surface area contributed by atoms with Gasteiger partial charge in [0.2, 0.25) is 0 Å². The van der Waals surface area contributed by atoms with E-state index in [0.29, 0.717) is 0 Å². The Bertz CT molecular complexity index is 3970. The minimum Gasteiger partial charge on any atom is -0.310 e. The molecule has 12 aromatic carbocycles. The molecule has 0 fully saturated rings. The van der Waals surface area contributed by atoms with Crippen LogP contribution in [0.3, 0.4) is 0 Å². The fraction of sp³-hybridized carbons (Fsp3) is 0. The lowest BCUT2D eigenvalue weighted by Gasteiger charge is -2.26. The van der Waals surface area contributed by atoms with Crippen LogP contribution in [0.2, 0.25) is 0 Å². The zero-order valence-electron chi connectivity index (χ0n) is 36.1. The quantitative estimate of drug-likeness (QED) is 0.145. The molecule has 0 bridgehead atoms. The maximum absolute atomic E-state index is 2.42. The van der Waals surface area contributed by atoms with E-state index in [1.54, 1.807) is 0 Å². The summed E-state index contributed by atoms with van der Waals surface area (Å²) in [4.78, 5) is 2.40. The molecule has 0 N–H and O–H groups in total. The predicted octanol–water partition coefficient (Wildman–Crippen LogP) is 17.9. The highest BCUT2D eigenvalue weighted by Crippen LogP contribution is 2.44. The fourth-order valence-corrected chi connectivity index (χ4v) is 10.4. The van der Waals surface area contributed by atoms with Gasteiger partial charge in [-0.2, -0.15) is 0 Å². The van der Waals surface area contributed by atoms with Gasteiger partial charge < -0.3 is 9.47 Å². The van der Waals surface area contributed by atoms with Crippen molar-refractivity contribution in [2.24, 2.45) is 0 Å². The van der Waals surface area contributed by atoms with Gasteiger partial charge in [0.25, 0.3) is 0 Å². The molecule has 0 amide bonds. The summed E-state index contributed by atoms with van der Waals surface area (Å²) in [5.41, 5.74) is 14.0. The van der Waals surface area contributed by atoms with Gasteiger partial charge in [0.15, 0.2) is 0 Å². The third kappa shape index (κ3) is 6.26. The molecule has 0 aliphatic carbocycles. The SMILES string of the molecule is c1ccc(-n2c3cccc(-c4cccc(N(c5ccc(-c6ccc7c(ccc8ccccc87)c6)cc5)c5ccc(-c6cccc7ccccc67)cc5)c4)c3c3c4ccccc4ccc32)cc1. The first-order valence-electron chi connectivity index (χ1n) is 22.7. The summed E-state index contributed by atoms with van der Waals surface area (Å²) in [5, 5.41) is 12.6. The first kappa shape index (κ1) is 37.8. The van der Waals surface area contributed by atoms with Gasteiger partial charge in [-0.25, -0.2) is 0 Å². The van der Waals surface area contributed by atoms with E-state index in [4.69, 9.17) is 0 Å². The van der Waals surface area contributed by atoms with Gasteiger partial charge in [0.1, 0.15) is 0 Å². The molecule has 13 aromatic rings. The van der Waals surface area contributed by atoms with Crippen molar-refractivity contribution in [3.63, 3.8) is 0 Å². The summed E-state index contributed by atoms with van der Waals surface area (Å²) in [6.45, 7) is 0. The largest absolute Gasteiger partial charge is 0.310 e. The molecule has 308 valence electrons. The molecular formula is C64H42N2. The Morgan fingerprint density at radius 1 is 0.258 bits per heavy atom. The second kappa shape index (κ2) is 15.5. The van der Waals surface area contributed by atoms with Crippen LogP contribution in [0.25, 0.3) is 104 Å². The highest BCUT2D eigenvalue weighted by Gasteiger charge is 2.20. The van der Waals surface area contributed by atoms with Crippen LogP contribution < -0.4 is 4.90 Å². The van der Waals surface area contributed by atoms with Crippen molar-refractivity contribution in [1.29, 1.82) is 0 Å². The van der Waals surface area contributed by atoms with E-state index in [0.717, 1.165) is 28.3 Å². The molecule has 0 radical (unpaired) electrons. The van der Waals surface area contributed by atoms with Gasteiger partial charge in [-0.05, 0) is 143 Å². The molecule has 2 heteroatoms. The third-order valence-corrected chi connectivity index (χ3v) is 13.5. The number of anilines is 3. The van der Waals surface area contributed by atoms with Crippen molar-refractivity contribution in [2.75, 3.05) is 4.90 Å². The summed E-state index contributed by atoms with van der Waals surface area (Å²) in [6, 6.07) is 93.3. The number of hydrogen-bond acceptors (Lipinski definition) is 1. The minimum atomic E-state index is 1.09. The average Bonchev–Trinajstić information content (AvgIpc) is 3.74. The number of rotatable bonds is 7. The Morgan fingerprint density at radius 3 is 1.59 bits per heavy atom. The van der Waals surface area contributed by atoms with Crippen LogP contribution in [0, 0.1) is 0 Å². The van der Waals surface area contributed by atoms with Gasteiger partial charge in [0, 0.05) is 33.5 Å². The molecule has 66 heavy (non-hydrogen) atoms. The summed E-state index contributed by atoms with van der Waals surface area (Å²) in [5.74, 6) is 0. The molecule has 0 spiro atoms. The van der Waals surface area contributed by atoms with E-state index in [-0.39, 0.29) is 0 Å². The summed E-state index contributed by atoms with van der Waals surface area (Å²) < 4.78 is 2.42. The molecule has 2 nitrogen and oxygen atoms in total. The zero-order valence-corrected chi connectivity index (χ0v) is 36.1. The summed E-state index contributed by atoms with van der Waals surface area (Å²) in [7, 11) is 0. The number of hydrogen-bond donors (Lipinski definition) is 0. The van der Waals surface area contributed by atoms with Gasteiger partial charge in [-0.15, -0.1) is 0 Å². The van der Waals surface area contributed by atoms with Crippen LogP contribution in [-0.2, 0) is 0 Å². The monoisotopic (exact) mass is 838 g/mol. The van der Waals surface area contributed by atoms with E-state index in [1.165, 1.54) is 92.7 Å². The number of nitrogens with zero attached hydrogens (tertiary/aromatic N) is 2. The van der Waals surface area contributed by atoms with Crippen molar-refractivity contribution in [3.05, 3.63) is 255 Å². The molecule has 1 aromatic heterocycles. The van der Waals surface area contributed by atoms with Crippen LogP contribution >= 0.6 is 0 Å². The first-order chi connectivity index (χ1) is 32.7. The average molecular weight is 839 g/mol. The molecule has 0 aliphatic heterocycles. The molecule has 0 unspecified atom stereocenters. The standard InChI is InChI=1S/C64H42N2/c1-2-18-51(19-3-1)66-61-26-12-25-60(64(61)63-59-23-9-6-15-46(59)34-40-62(63)66)49-17-10-20-54(42-49)65(53-37-31-47(32-38-53)57-24-11-16-44-13-4-7-21-55(44)57)52-35-29-43(30-36-52)48-33-39-58-50(41-48)28-27-45-14-5-8-22-56(45)58/h1-42H. The number of benzene rings is 12. The predicted molar refractivity (Wildman–Crippen MR) is 282 cm³/mol. The normalized spacial score (nSPS) is 11.6. The lowest BCUT2D eigenvalue weighted by molar-refractivity contribution is 1.18. The van der Waals surface area contributed by atoms with Gasteiger partial charge in [-0.3, -0.25) is 0 Å². The Labute approximate surface area is 383 Å². The highest BCUT2D eigenvalue weighted by atomic mass is 15.1. The fourth-order valence-electron chi connectivity index (χ4n) is 10.4. The Kier molecular flexibility index (Phi) is 8.89. The molecular weight excluding hydrogens is 797 g/mol. The molecule has 0 saturated carbocycles. The summed E-state index contributed by atoms with van der Waals surface area (Å²) >= 11 is 0. The van der Waals surface area contributed by atoms with Crippen LogP contribution in [0.1, 0.15) is 0 Å². The zero-order chi connectivity index (χ0) is 43.6. The van der Waals surface area contributed by atoms with E-state index in [9.17, 15) is 0 Å². The smallest absolute Gasteiger partial charge is 0.0547 e. The Hall–Kier alpha value is -8.72. The molecule has 1 heterocycles. The third-order valence-electron chi connectivity index (χ3n) is 13.5. The van der Waals surface area contributed by atoms with Crippen molar-refractivity contribution in [2.45, 2.75) is 0 Å². The van der Waals surface area contributed by atoms with Crippen LogP contribution in [0.4, 0.5) is 17.1 Å². The maximum Gasteiger partial charge on any atom is 0.0547 e. The highest BCUT2D eigenvalue weighted by molar-refractivity contribution is 6.25. The van der Waals surface area contributed by atoms with Crippen LogP contribution in [0.15, 0.2) is 255 Å². The van der Waals surface area contributed by atoms with Gasteiger partial charge in [0.05, 0.1) is 11.0 Å². The van der Waals surface area contributed by atoms with Gasteiger partial charge in [-0.1, -0.05) is 188 Å². The van der Waals surface area contributed by atoms with Crippen molar-refractivity contribution in [1.82, 2.24) is 4.57 Å². The van der Waals surface area contributed by atoms with E-state index < -0.39 is 0 Å². The molecule has 0 atom stereocenters. The summed E-state index contributed by atoms with van der Waals surface area (Å²) in [6.07, 6.45) is 0.